The lowest BCUT2D eigenvalue weighted by molar-refractivity contribution is 0.937. The van der Waals surface area contributed by atoms with Gasteiger partial charge < -0.3 is 5.32 Å². The van der Waals surface area contributed by atoms with Crippen LogP contribution in [0.1, 0.15) is 5.69 Å². The minimum atomic E-state index is 0.575. The molecule has 0 unspecified atom stereocenters. The molecule has 102 valence electrons. The van der Waals surface area contributed by atoms with Crippen molar-refractivity contribution in [2.75, 3.05) is 5.32 Å². The van der Waals surface area contributed by atoms with Crippen LogP contribution in [-0.4, -0.2) is 24.6 Å². The average Bonchev–Trinajstić information content (AvgIpc) is 2.96. The summed E-state index contributed by atoms with van der Waals surface area (Å²) in [5, 5.41) is 8.66. The summed E-state index contributed by atoms with van der Waals surface area (Å²) in [6.07, 6.45) is 3.28. The maximum absolute atomic E-state index is 4.44. The molecule has 0 bridgehead atoms. The van der Waals surface area contributed by atoms with Gasteiger partial charge in [0.1, 0.15) is 12.1 Å². The highest BCUT2D eigenvalue weighted by atomic mass is 15.4. The third-order valence-electron chi connectivity index (χ3n) is 3.28. The molecule has 3 heterocycles. The second-order valence-electron chi connectivity index (χ2n) is 4.76. The fourth-order valence-electron chi connectivity index (χ4n) is 2.36. The Kier molecular flexibility index (Phi) is 2.53. The van der Waals surface area contributed by atoms with Crippen LogP contribution in [-0.2, 0) is 0 Å². The zero-order valence-electron chi connectivity index (χ0n) is 11.4. The van der Waals surface area contributed by atoms with Crippen molar-refractivity contribution in [3.8, 4) is 0 Å². The topological polar surface area (TPSA) is 68.0 Å². The van der Waals surface area contributed by atoms with Gasteiger partial charge in [-0.3, -0.25) is 4.98 Å². The quantitative estimate of drug-likeness (QED) is 0.609. The summed E-state index contributed by atoms with van der Waals surface area (Å²) in [6.45, 7) is 1.93. The van der Waals surface area contributed by atoms with E-state index < -0.39 is 0 Å². The van der Waals surface area contributed by atoms with Gasteiger partial charge in [-0.05, 0) is 19.1 Å². The van der Waals surface area contributed by atoms with Crippen molar-refractivity contribution in [3.63, 3.8) is 0 Å². The number of benzene rings is 1. The number of pyridine rings is 1. The highest BCUT2D eigenvalue weighted by Crippen LogP contribution is 2.24. The van der Waals surface area contributed by atoms with E-state index in [-0.39, 0.29) is 0 Å². The van der Waals surface area contributed by atoms with Crippen LogP contribution in [0.5, 0.6) is 0 Å². The number of hydrogen-bond acceptors (Lipinski definition) is 5. The van der Waals surface area contributed by atoms with Crippen molar-refractivity contribution in [3.05, 3.63) is 54.6 Å². The molecular formula is C15H12N6. The van der Waals surface area contributed by atoms with Crippen LogP contribution in [0.4, 0.5) is 11.5 Å². The Labute approximate surface area is 120 Å². The number of hydrogen-bond donors (Lipinski definition) is 1. The van der Waals surface area contributed by atoms with E-state index in [1.54, 1.807) is 10.7 Å². The molecule has 0 radical (unpaired) electrons. The van der Waals surface area contributed by atoms with Crippen LogP contribution in [0.2, 0.25) is 0 Å². The maximum atomic E-state index is 4.44. The molecule has 6 heteroatoms. The van der Waals surface area contributed by atoms with Gasteiger partial charge in [0, 0.05) is 23.3 Å². The Morgan fingerprint density at radius 3 is 2.95 bits per heavy atom. The molecule has 1 N–H and O–H groups in total. The van der Waals surface area contributed by atoms with Crippen molar-refractivity contribution in [1.29, 1.82) is 0 Å². The van der Waals surface area contributed by atoms with Crippen LogP contribution >= 0.6 is 0 Å². The fourth-order valence-corrected chi connectivity index (χ4v) is 2.36. The molecule has 4 rings (SSSR count). The van der Waals surface area contributed by atoms with E-state index in [0.29, 0.717) is 5.78 Å². The number of aryl methyl sites for hydroxylation is 1. The molecule has 0 amide bonds. The van der Waals surface area contributed by atoms with E-state index in [9.17, 15) is 0 Å². The van der Waals surface area contributed by atoms with Crippen LogP contribution in [0, 0.1) is 6.92 Å². The predicted octanol–water partition coefficient (Wildman–Crippen LogP) is 2.72. The maximum Gasteiger partial charge on any atom is 0.254 e. The minimum Gasteiger partial charge on any atom is -0.338 e. The Morgan fingerprint density at radius 2 is 2.00 bits per heavy atom. The standard InChI is InChI=1S/C15H12N6/c1-10-8-13(21-15(19-10)17-9-18-21)20-12-6-2-4-11-5-3-7-16-14(11)12/h2-9,20H,1H3. The first-order valence-corrected chi connectivity index (χ1v) is 6.59. The van der Waals surface area contributed by atoms with E-state index in [1.807, 2.05) is 43.3 Å². The van der Waals surface area contributed by atoms with Crippen molar-refractivity contribution >= 4 is 28.2 Å². The summed E-state index contributed by atoms with van der Waals surface area (Å²) in [6, 6.07) is 11.9. The molecule has 1 aromatic carbocycles. The minimum absolute atomic E-state index is 0.575. The molecule has 0 fully saturated rings. The van der Waals surface area contributed by atoms with Crippen molar-refractivity contribution in [1.82, 2.24) is 24.6 Å². The number of nitrogens with one attached hydrogen (secondary N) is 1. The zero-order chi connectivity index (χ0) is 14.2. The van der Waals surface area contributed by atoms with Crippen molar-refractivity contribution < 1.29 is 0 Å². The Bertz CT molecular complexity index is 938. The van der Waals surface area contributed by atoms with Crippen LogP contribution in [0.25, 0.3) is 16.7 Å². The van der Waals surface area contributed by atoms with Crippen molar-refractivity contribution in [2.45, 2.75) is 6.92 Å². The summed E-state index contributed by atoms with van der Waals surface area (Å²) in [5.41, 5.74) is 2.73. The highest BCUT2D eigenvalue weighted by Gasteiger charge is 2.08. The largest absolute Gasteiger partial charge is 0.338 e. The number of anilines is 2. The van der Waals surface area contributed by atoms with Gasteiger partial charge in [-0.15, -0.1) is 0 Å². The number of rotatable bonds is 2. The first-order valence-electron chi connectivity index (χ1n) is 6.59. The Balaban J connectivity index is 1.89. The fraction of sp³-hybridized carbons (Fsp3) is 0.0667. The number of para-hydroxylation sites is 1. The van der Waals surface area contributed by atoms with E-state index in [0.717, 1.165) is 28.1 Å². The van der Waals surface area contributed by atoms with Gasteiger partial charge >= 0.3 is 0 Å². The van der Waals surface area contributed by atoms with Gasteiger partial charge in [0.05, 0.1) is 11.2 Å². The van der Waals surface area contributed by atoms with Crippen LogP contribution in [0.3, 0.4) is 0 Å². The first-order chi connectivity index (χ1) is 10.3. The van der Waals surface area contributed by atoms with Gasteiger partial charge in [0.15, 0.2) is 0 Å². The molecule has 6 nitrogen and oxygen atoms in total. The van der Waals surface area contributed by atoms with Crippen LogP contribution < -0.4 is 5.32 Å². The van der Waals surface area contributed by atoms with E-state index >= 15 is 0 Å². The molecule has 0 aliphatic carbocycles. The lowest BCUT2D eigenvalue weighted by Gasteiger charge is -2.10. The molecule has 4 aromatic rings. The Hall–Kier alpha value is -3.02. The lowest BCUT2D eigenvalue weighted by atomic mass is 10.2. The monoisotopic (exact) mass is 276 g/mol. The molecule has 0 saturated heterocycles. The molecule has 3 aromatic heterocycles. The summed E-state index contributed by atoms with van der Waals surface area (Å²) >= 11 is 0. The van der Waals surface area contributed by atoms with Gasteiger partial charge in [0.2, 0.25) is 0 Å². The van der Waals surface area contributed by atoms with E-state index in [1.165, 1.54) is 6.33 Å². The summed E-state index contributed by atoms with van der Waals surface area (Å²) in [5.74, 6) is 1.39. The third kappa shape index (κ3) is 1.97. The number of nitrogens with zero attached hydrogens (tertiary/aromatic N) is 5. The molecule has 0 spiro atoms. The third-order valence-corrected chi connectivity index (χ3v) is 3.28. The van der Waals surface area contributed by atoms with Crippen LogP contribution in [0.15, 0.2) is 48.9 Å². The number of aromatic nitrogens is 5. The molecular weight excluding hydrogens is 264 g/mol. The van der Waals surface area contributed by atoms with E-state index in [4.69, 9.17) is 0 Å². The SMILES string of the molecule is Cc1cc(Nc2cccc3cccnc23)n2ncnc2n1. The molecule has 0 saturated carbocycles. The van der Waals surface area contributed by atoms with Gasteiger partial charge in [0.25, 0.3) is 5.78 Å². The lowest BCUT2D eigenvalue weighted by Crippen LogP contribution is -2.03. The van der Waals surface area contributed by atoms with Gasteiger partial charge in [-0.2, -0.15) is 14.6 Å². The average molecular weight is 276 g/mol. The summed E-state index contributed by atoms with van der Waals surface area (Å²) in [4.78, 5) is 12.9. The molecule has 0 atom stereocenters. The highest BCUT2D eigenvalue weighted by molar-refractivity contribution is 5.91. The number of fused-ring (bicyclic) bond motifs is 2. The van der Waals surface area contributed by atoms with E-state index in [2.05, 4.69) is 25.4 Å². The summed E-state index contributed by atoms with van der Waals surface area (Å²) < 4.78 is 1.68. The van der Waals surface area contributed by atoms with Crippen molar-refractivity contribution in [2.24, 2.45) is 0 Å². The smallest absolute Gasteiger partial charge is 0.254 e. The summed E-state index contributed by atoms with van der Waals surface area (Å²) in [7, 11) is 0. The first kappa shape index (κ1) is 11.8. The normalized spacial score (nSPS) is 11.1. The molecule has 21 heavy (non-hydrogen) atoms. The zero-order valence-corrected chi connectivity index (χ0v) is 11.4. The molecule has 0 aliphatic rings. The predicted molar refractivity (Wildman–Crippen MR) is 80.5 cm³/mol. The second-order valence-corrected chi connectivity index (χ2v) is 4.76. The van der Waals surface area contributed by atoms with Gasteiger partial charge in [-0.25, -0.2) is 4.98 Å². The Morgan fingerprint density at radius 1 is 1.10 bits per heavy atom. The van der Waals surface area contributed by atoms with Gasteiger partial charge in [-0.1, -0.05) is 18.2 Å². The molecule has 0 aliphatic heterocycles. The second kappa shape index (κ2) is 4.52.